The van der Waals surface area contributed by atoms with Gasteiger partial charge in [-0.25, -0.2) is 4.98 Å². The molecule has 0 aliphatic carbocycles. The van der Waals surface area contributed by atoms with Crippen LogP contribution in [-0.2, 0) is 10.7 Å². The summed E-state index contributed by atoms with van der Waals surface area (Å²) in [6.07, 6.45) is 2.52. The third-order valence-corrected chi connectivity index (χ3v) is 7.19. The molecular formula is C18H11ClF2N4OS. The van der Waals surface area contributed by atoms with Gasteiger partial charge in [0.15, 0.2) is 0 Å². The van der Waals surface area contributed by atoms with Crippen molar-refractivity contribution in [1.29, 1.82) is 5.26 Å². The van der Waals surface area contributed by atoms with Crippen molar-refractivity contribution in [3.05, 3.63) is 52.8 Å². The van der Waals surface area contributed by atoms with Crippen LogP contribution in [0.25, 0.3) is 11.0 Å². The molecule has 0 fully saturated rings. The number of imidazole rings is 1. The number of benzene rings is 2. The number of aromatic nitrogens is 2. The highest BCUT2D eigenvalue weighted by Crippen LogP contribution is 2.54. The maximum absolute atomic E-state index is 13.0. The number of ether oxygens (including phenoxy) is 1. The number of hydrogen-bond donors (Lipinski definition) is 0. The summed E-state index contributed by atoms with van der Waals surface area (Å²) < 4.78 is 36.9. The summed E-state index contributed by atoms with van der Waals surface area (Å²) in [5, 5.41) is 9.70. The van der Waals surface area contributed by atoms with Gasteiger partial charge in [-0.3, -0.25) is 0 Å². The average molecular weight is 405 g/mol. The van der Waals surface area contributed by atoms with Crippen LogP contribution < -0.4 is 4.74 Å². The van der Waals surface area contributed by atoms with Gasteiger partial charge >= 0.3 is 6.61 Å². The minimum Gasteiger partial charge on any atom is -0.434 e. The van der Waals surface area contributed by atoms with Crippen molar-refractivity contribution in [2.45, 2.75) is 29.2 Å². The molecule has 0 amide bonds. The highest BCUT2D eigenvalue weighted by Gasteiger charge is 2.45. The molecule has 0 radical (unpaired) electrons. The number of rotatable bonds is 2. The molecule has 3 heterocycles. The van der Waals surface area contributed by atoms with Crippen LogP contribution in [0.15, 0.2) is 45.7 Å². The molecule has 27 heavy (non-hydrogen) atoms. The lowest BCUT2D eigenvalue weighted by Crippen LogP contribution is -2.17. The SMILES string of the molecule is N#CN=[S@]1c2cccc(OC(F)F)c2[C@H]2C[C@@H]1c1nc3ccc(Cl)cc3n12. The normalized spacial score (nSPS) is 22.7. The summed E-state index contributed by atoms with van der Waals surface area (Å²) in [6.45, 7) is -2.93. The zero-order chi connectivity index (χ0) is 18.7. The Labute approximate surface area is 160 Å². The lowest BCUT2D eigenvalue weighted by Gasteiger charge is -2.27. The average Bonchev–Trinajstić information content (AvgIpc) is 3.14. The second kappa shape index (κ2) is 6.01. The summed E-state index contributed by atoms with van der Waals surface area (Å²) in [5.74, 6) is 0.923. The second-order valence-corrected chi connectivity index (χ2v) is 8.52. The Hall–Kier alpha value is -2.50. The Bertz CT molecular complexity index is 1170. The van der Waals surface area contributed by atoms with Crippen molar-refractivity contribution < 1.29 is 13.5 Å². The maximum Gasteiger partial charge on any atom is 0.387 e. The molecule has 2 aliphatic rings. The van der Waals surface area contributed by atoms with E-state index in [0.717, 1.165) is 21.8 Å². The van der Waals surface area contributed by atoms with Gasteiger partial charge in [-0.05, 0) is 47.4 Å². The number of nitriles is 1. The van der Waals surface area contributed by atoms with E-state index in [2.05, 4.69) is 4.36 Å². The van der Waals surface area contributed by atoms with Gasteiger partial charge in [0.1, 0.15) is 11.6 Å². The van der Waals surface area contributed by atoms with Crippen LogP contribution in [0.3, 0.4) is 0 Å². The molecule has 0 saturated carbocycles. The first-order valence-corrected chi connectivity index (χ1v) is 9.79. The first kappa shape index (κ1) is 16.7. The zero-order valence-electron chi connectivity index (χ0n) is 13.6. The molecule has 5 rings (SSSR count). The molecule has 9 heteroatoms. The molecule has 0 N–H and O–H groups in total. The highest BCUT2D eigenvalue weighted by atomic mass is 35.5. The van der Waals surface area contributed by atoms with Gasteiger partial charge in [0, 0.05) is 15.5 Å². The predicted octanol–water partition coefficient (Wildman–Crippen LogP) is 4.98. The van der Waals surface area contributed by atoms with Gasteiger partial charge in [-0.15, -0.1) is 4.36 Å². The van der Waals surface area contributed by atoms with Crippen LogP contribution in [0.5, 0.6) is 5.75 Å². The van der Waals surface area contributed by atoms with E-state index < -0.39 is 17.3 Å². The first-order chi connectivity index (χ1) is 13.1. The molecule has 3 aromatic rings. The molecule has 0 unspecified atom stereocenters. The third-order valence-electron chi connectivity index (χ3n) is 4.93. The lowest BCUT2D eigenvalue weighted by atomic mass is 10.0. The van der Waals surface area contributed by atoms with Crippen LogP contribution in [-0.4, -0.2) is 16.2 Å². The van der Waals surface area contributed by atoms with Gasteiger partial charge < -0.3 is 9.30 Å². The monoisotopic (exact) mass is 404 g/mol. The van der Waals surface area contributed by atoms with Crippen LogP contribution in [0, 0.1) is 11.5 Å². The van der Waals surface area contributed by atoms with Crippen molar-refractivity contribution >= 4 is 33.3 Å². The van der Waals surface area contributed by atoms with Crippen LogP contribution in [0.1, 0.15) is 29.1 Å². The standard InChI is InChI=1S/C18H11ClF2N4OS/c19-9-4-5-10-11(6-9)25-12-7-15(17(25)24-10)27(23-8-22)14-3-1-2-13(16(12)14)26-18(20)21/h1-6,12,15,18H,7H2/t12-,15-,27+/m1/s1. The van der Waals surface area contributed by atoms with Gasteiger partial charge in [-0.2, -0.15) is 14.0 Å². The van der Waals surface area contributed by atoms with Crippen molar-refractivity contribution in [3.8, 4) is 11.9 Å². The Balaban J connectivity index is 1.83. The molecule has 3 atom stereocenters. The van der Waals surface area contributed by atoms with E-state index in [1.807, 2.05) is 29.0 Å². The van der Waals surface area contributed by atoms with E-state index in [1.54, 1.807) is 12.1 Å². The van der Waals surface area contributed by atoms with E-state index in [9.17, 15) is 14.0 Å². The molecule has 2 aliphatic heterocycles. The number of alkyl halides is 2. The minimum atomic E-state index is -2.93. The van der Waals surface area contributed by atoms with Gasteiger partial charge in [0.05, 0.1) is 22.3 Å². The molecule has 5 nitrogen and oxygen atoms in total. The Morgan fingerprint density at radius 3 is 3.00 bits per heavy atom. The molecular weight excluding hydrogens is 394 g/mol. The molecule has 0 saturated heterocycles. The Kier molecular flexibility index (Phi) is 3.71. The number of fused-ring (bicyclic) bond motifs is 9. The van der Waals surface area contributed by atoms with Crippen molar-refractivity contribution in [2.24, 2.45) is 4.36 Å². The third kappa shape index (κ3) is 2.38. The summed E-state index contributed by atoms with van der Waals surface area (Å²) >= 11 is 6.17. The van der Waals surface area contributed by atoms with E-state index >= 15 is 0 Å². The van der Waals surface area contributed by atoms with Crippen molar-refractivity contribution in [2.75, 3.05) is 0 Å². The van der Waals surface area contributed by atoms with Gasteiger partial charge in [0.2, 0.25) is 6.19 Å². The predicted molar refractivity (Wildman–Crippen MR) is 97.0 cm³/mol. The fourth-order valence-corrected chi connectivity index (χ4v) is 6.23. The van der Waals surface area contributed by atoms with Gasteiger partial charge in [-0.1, -0.05) is 17.7 Å². The summed E-state index contributed by atoms with van der Waals surface area (Å²) in [6, 6.07) is 10.2. The summed E-state index contributed by atoms with van der Waals surface area (Å²) in [7, 11) is -0.812. The van der Waals surface area contributed by atoms with E-state index in [1.165, 1.54) is 6.07 Å². The number of nitrogens with zero attached hydrogens (tertiary/aromatic N) is 4. The minimum absolute atomic E-state index is 0.0740. The lowest BCUT2D eigenvalue weighted by molar-refractivity contribution is -0.0508. The molecule has 2 aromatic carbocycles. The summed E-state index contributed by atoms with van der Waals surface area (Å²) in [4.78, 5) is 5.50. The molecule has 2 bridgehead atoms. The second-order valence-electron chi connectivity index (χ2n) is 6.27. The van der Waals surface area contributed by atoms with Crippen molar-refractivity contribution in [3.63, 3.8) is 0 Å². The van der Waals surface area contributed by atoms with Crippen LogP contribution in [0.4, 0.5) is 8.78 Å². The van der Waals surface area contributed by atoms with E-state index in [0.29, 0.717) is 17.0 Å². The Morgan fingerprint density at radius 2 is 2.22 bits per heavy atom. The van der Waals surface area contributed by atoms with E-state index in [4.69, 9.17) is 21.3 Å². The first-order valence-electron chi connectivity index (χ1n) is 8.16. The molecule has 1 aromatic heterocycles. The van der Waals surface area contributed by atoms with Gasteiger partial charge in [0.25, 0.3) is 0 Å². The summed E-state index contributed by atoms with van der Waals surface area (Å²) in [5.41, 5.74) is 2.26. The zero-order valence-corrected chi connectivity index (χ0v) is 15.2. The quantitative estimate of drug-likeness (QED) is 0.566. The fraction of sp³-hybridized carbons (Fsp3) is 0.222. The Morgan fingerprint density at radius 1 is 1.37 bits per heavy atom. The highest BCUT2D eigenvalue weighted by molar-refractivity contribution is 7.87. The number of hydrogen-bond acceptors (Lipinski definition) is 4. The van der Waals surface area contributed by atoms with E-state index in [-0.39, 0.29) is 17.0 Å². The fourth-order valence-electron chi connectivity index (χ4n) is 4.03. The van der Waals surface area contributed by atoms with Crippen LogP contribution in [0.2, 0.25) is 5.02 Å². The van der Waals surface area contributed by atoms with Crippen molar-refractivity contribution in [1.82, 2.24) is 9.55 Å². The molecule has 136 valence electrons. The molecule has 0 spiro atoms. The van der Waals surface area contributed by atoms with Crippen LogP contribution >= 0.6 is 11.6 Å². The maximum atomic E-state index is 13.0. The number of halogens is 3. The smallest absolute Gasteiger partial charge is 0.387 e. The largest absolute Gasteiger partial charge is 0.434 e. The topological polar surface area (TPSA) is 63.2 Å².